The molecule has 0 rings (SSSR count). The van der Waals surface area contributed by atoms with E-state index >= 15 is 0 Å². The number of carbonyl (C=O) groups is 2. The lowest BCUT2D eigenvalue weighted by atomic mass is 10.1. The molecule has 126 valence electrons. The van der Waals surface area contributed by atoms with E-state index in [9.17, 15) is 9.59 Å². The summed E-state index contributed by atoms with van der Waals surface area (Å²) in [4.78, 5) is 22.0. The first kappa shape index (κ1) is 22.2. The molecule has 1 amide bonds. The Labute approximate surface area is 130 Å². The van der Waals surface area contributed by atoms with Gasteiger partial charge in [0.15, 0.2) is 0 Å². The fraction of sp³-hybridized carbons (Fsp3) is 0.875. The molecule has 0 aromatic carbocycles. The van der Waals surface area contributed by atoms with Crippen LogP contribution in [0.25, 0.3) is 0 Å². The van der Waals surface area contributed by atoms with Gasteiger partial charge in [-0.2, -0.15) is 0 Å². The molecule has 0 aliphatic rings. The molecule has 0 spiro atoms. The van der Waals surface area contributed by atoms with E-state index in [1.54, 1.807) is 20.8 Å². The molecule has 0 heterocycles. The quantitative estimate of drug-likeness (QED) is 0.740. The highest BCUT2D eigenvalue weighted by Gasteiger charge is 2.19. The summed E-state index contributed by atoms with van der Waals surface area (Å²) < 4.78 is 5.04. The maximum absolute atomic E-state index is 11.3. The molecular formula is C16H34N2O3. The van der Waals surface area contributed by atoms with Crippen LogP contribution >= 0.6 is 0 Å². The molecule has 0 aromatic heterocycles. The van der Waals surface area contributed by atoms with Crippen molar-refractivity contribution in [3.05, 3.63) is 0 Å². The molecule has 0 radical (unpaired) electrons. The van der Waals surface area contributed by atoms with E-state index < -0.39 is 17.7 Å². The first-order chi connectivity index (χ1) is 9.51. The molecule has 0 saturated heterocycles. The highest BCUT2D eigenvalue weighted by Crippen LogP contribution is 2.08. The average Bonchev–Trinajstić information content (AvgIpc) is 2.25. The van der Waals surface area contributed by atoms with Crippen molar-refractivity contribution in [1.29, 1.82) is 0 Å². The maximum Gasteiger partial charge on any atom is 0.408 e. The molecule has 2 N–H and O–H groups in total. The monoisotopic (exact) mass is 302 g/mol. The fourth-order valence-corrected chi connectivity index (χ4v) is 1.52. The third kappa shape index (κ3) is 18.9. The lowest BCUT2D eigenvalue weighted by Crippen LogP contribution is -2.40. The Hall–Kier alpha value is -1.10. The van der Waals surface area contributed by atoms with Crippen LogP contribution in [0.15, 0.2) is 0 Å². The number of alkyl carbamates (subject to hydrolysis) is 1. The summed E-state index contributed by atoms with van der Waals surface area (Å²) in [6.45, 7) is 14.8. The van der Waals surface area contributed by atoms with Crippen LogP contribution in [0.5, 0.6) is 0 Å². The fourth-order valence-electron chi connectivity index (χ4n) is 1.52. The van der Waals surface area contributed by atoms with Crippen molar-refractivity contribution in [3.8, 4) is 0 Å². The molecule has 5 heteroatoms. The van der Waals surface area contributed by atoms with E-state index in [4.69, 9.17) is 4.74 Å². The highest BCUT2D eigenvalue weighted by molar-refractivity contribution is 5.73. The van der Waals surface area contributed by atoms with Crippen molar-refractivity contribution >= 4 is 12.4 Å². The topological polar surface area (TPSA) is 67.4 Å². The third-order valence-electron chi connectivity index (χ3n) is 2.20. The first-order valence-corrected chi connectivity index (χ1v) is 7.61. The van der Waals surface area contributed by atoms with Crippen molar-refractivity contribution in [2.75, 3.05) is 13.6 Å². The van der Waals surface area contributed by atoms with Gasteiger partial charge in [-0.3, -0.25) is 0 Å². The standard InChI is InChI=1S/C11H21NO3.C5H13N/c1-8(2)6-9(7-13)12-10(14)15-11(3,4)5;1-5(2)4-6-3/h7-9H,6H2,1-5H3,(H,12,14);5-6H,4H2,1-3H3. The summed E-state index contributed by atoms with van der Waals surface area (Å²) in [5.41, 5.74) is -0.532. The molecule has 21 heavy (non-hydrogen) atoms. The summed E-state index contributed by atoms with van der Waals surface area (Å²) in [6.07, 6.45) is 0.826. The van der Waals surface area contributed by atoms with Gasteiger partial charge in [-0.05, 0) is 52.6 Å². The summed E-state index contributed by atoms with van der Waals surface area (Å²) in [5.74, 6) is 1.14. The minimum Gasteiger partial charge on any atom is -0.444 e. The van der Waals surface area contributed by atoms with Crippen LogP contribution in [0.1, 0.15) is 54.9 Å². The number of hydrogen-bond donors (Lipinski definition) is 2. The number of ether oxygens (including phenoxy) is 1. The third-order valence-corrected chi connectivity index (χ3v) is 2.20. The minimum atomic E-state index is -0.541. The van der Waals surface area contributed by atoms with E-state index in [-0.39, 0.29) is 0 Å². The molecule has 0 aromatic rings. The van der Waals surface area contributed by atoms with E-state index in [2.05, 4.69) is 24.5 Å². The number of rotatable bonds is 6. The van der Waals surface area contributed by atoms with Crippen LogP contribution in [0.3, 0.4) is 0 Å². The van der Waals surface area contributed by atoms with Crippen molar-refractivity contribution in [1.82, 2.24) is 10.6 Å². The Morgan fingerprint density at radius 3 is 1.90 bits per heavy atom. The predicted octanol–water partition coefficient (Wildman–Crippen LogP) is 2.99. The van der Waals surface area contributed by atoms with Crippen LogP contribution in [0.4, 0.5) is 4.79 Å². The Kier molecular flexibility index (Phi) is 12.2. The van der Waals surface area contributed by atoms with Gasteiger partial charge in [-0.1, -0.05) is 27.7 Å². The second-order valence-corrected chi connectivity index (χ2v) is 6.97. The van der Waals surface area contributed by atoms with Gasteiger partial charge in [0.05, 0.1) is 6.04 Å². The molecule has 0 aliphatic heterocycles. The van der Waals surface area contributed by atoms with E-state index in [1.165, 1.54) is 0 Å². The van der Waals surface area contributed by atoms with Crippen molar-refractivity contribution in [2.45, 2.75) is 66.5 Å². The summed E-state index contributed by atoms with van der Waals surface area (Å²) in [7, 11) is 1.97. The summed E-state index contributed by atoms with van der Waals surface area (Å²) >= 11 is 0. The SMILES string of the molecule is CC(C)CC(C=O)NC(=O)OC(C)(C)C.CNCC(C)C. The van der Waals surface area contributed by atoms with E-state index in [0.717, 1.165) is 18.7 Å². The molecule has 0 fully saturated rings. The van der Waals surface area contributed by atoms with Crippen molar-refractivity contribution in [2.24, 2.45) is 11.8 Å². The smallest absolute Gasteiger partial charge is 0.408 e. The Balaban J connectivity index is 0. The van der Waals surface area contributed by atoms with Gasteiger partial charge in [-0.25, -0.2) is 4.79 Å². The number of aldehydes is 1. The average molecular weight is 302 g/mol. The van der Waals surface area contributed by atoms with Crippen LogP contribution in [0, 0.1) is 11.8 Å². The van der Waals surface area contributed by atoms with Crippen LogP contribution in [0.2, 0.25) is 0 Å². The van der Waals surface area contributed by atoms with Gasteiger partial charge >= 0.3 is 6.09 Å². The van der Waals surface area contributed by atoms with Gasteiger partial charge in [0.2, 0.25) is 0 Å². The minimum absolute atomic E-state index is 0.357. The Morgan fingerprint density at radius 1 is 1.14 bits per heavy atom. The zero-order valence-electron chi connectivity index (χ0n) is 14.9. The second-order valence-electron chi connectivity index (χ2n) is 6.97. The predicted molar refractivity (Wildman–Crippen MR) is 87.4 cm³/mol. The summed E-state index contributed by atoms with van der Waals surface area (Å²) in [5, 5.41) is 5.59. The normalized spacial score (nSPS) is 12.5. The van der Waals surface area contributed by atoms with Gasteiger partial charge in [0, 0.05) is 0 Å². The van der Waals surface area contributed by atoms with Gasteiger partial charge in [0.25, 0.3) is 0 Å². The molecule has 1 unspecified atom stereocenters. The maximum atomic E-state index is 11.3. The van der Waals surface area contributed by atoms with Crippen LogP contribution in [-0.2, 0) is 9.53 Å². The van der Waals surface area contributed by atoms with Crippen molar-refractivity contribution < 1.29 is 14.3 Å². The van der Waals surface area contributed by atoms with Gasteiger partial charge in [0.1, 0.15) is 11.9 Å². The molecule has 0 aliphatic carbocycles. The lowest BCUT2D eigenvalue weighted by molar-refractivity contribution is -0.110. The largest absolute Gasteiger partial charge is 0.444 e. The highest BCUT2D eigenvalue weighted by atomic mass is 16.6. The summed E-state index contributed by atoms with van der Waals surface area (Å²) in [6, 6.07) is -0.458. The molecule has 5 nitrogen and oxygen atoms in total. The van der Waals surface area contributed by atoms with Gasteiger partial charge < -0.3 is 20.2 Å². The van der Waals surface area contributed by atoms with Gasteiger partial charge in [-0.15, -0.1) is 0 Å². The Bertz CT molecular complexity index is 284. The second kappa shape index (κ2) is 11.5. The first-order valence-electron chi connectivity index (χ1n) is 7.61. The number of nitrogens with one attached hydrogen (secondary N) is 2. The number of carbonyl (C=O) groups excluding carboxylic acids is 2. The van der Waals surface area contributed by atoms with E-state index in [0.29, 0.717) is 12.3 Å². The molecule has 0 bridgehead atoms. The Morgan fingerprint density at radius 2 is 1.67 bits per heavy atom. The zero-order chi connectivity index (χ0) is 17.1. The lowest BCUT2D eigenvalue weighted by Gasteiger charge is -2.22. The van der Waals surface area contributed by atoms with Crippen molar-refractivity contribution in [3.63, 3.8) is 0 Å². The molecular weight excluding hydrogens is 268 g/mol. The number of hydrogen-bond acceptors (Lipinski definition) is 4. The zero-order valence-corrected chi connectivity index (χ0v) is 14.9. The van der Waals surface area contributed by atoms with Crippen LogP contribution in [-0.4, -0.2) is 37.6 Å². The van der Waals surface area contributed by atoms with E-state index in [1.807, 2.05) is 20.9 Å². The molecule has 0 saturated carbocycles. The molecule has 1 atom stereocenters. The van der Waals surface area contributed by atoms with Crippen LogP contribution < -0.4 is 10.6 Å². The number of amides is 1.